The molecule has 0 unspecified atom stereocenters. The van der Waals surface area contributed by atoms with Gasteiger partial charge in [-0.15, -0.1) is 0 Å². The van der Waals surface area contributed by atoms with E-state index in [-0.39, 0.29) is 35.2 Å². The number of nitrogens with one attached hydrogen (secondary N) is 1. The van der Waals surface area contributed by atoms with Crippen LogP contribution in [0.25, 0.3) is 0 Å². The van der Waals surface area contributed by atoms with E-state index in [4.69, 9.17) is 21.1 Å². The molecule has 0 fully saturated rings. The molecule has 0 heterocycles. The minimum atomic E-state index is -4.35. The number of unbranched alkanes of at least 4 members (excludes halogenated alkanes) is 1. The van der Waals surface area contributed by atoms with Crippen LogP contribution in [0.2, 0.25) is 5.02 Å². The van der Waals surface area contributed by atoms with Crippen LogP contribution in [0.3, 0.4) is 0 Å². The van der Waals surface area contributed by atoms with Crippen LogP contribution in [0.15, 0.2) is 102 Å². The van der Waals surface area contributed by atoms with Crippen LogP contribution in [0.4, 0.5) is 5.69 Å². The highest BCUT2D eigenvalue weighted by Gasteiger charge is 2.35. The number of nitrogens with zero attached hydrogens (tertiary/aromatic N) is 2. The van der Waals surface area contributed by atoms with Gasteiger partial charge >= 0.3 is 0 Å². The lowest BCUT2D eigenvalue weighted by atomic mass is 10.0. The van der Waals surface area contributed by atoms with Crippen LogP contribution in [0.1, 0.15) is 36.5 Å². The highest BCUT2D eigenvalue weighted by Crippen LogP contribution is 2.33. The maximum atomic E-state index is 14.6. The predicted molar refractivity (Wildman–Crippen MR) is 189 cm³/mol. The highest BCUT2D eigenvalue weighted by molar-refractivity contribution is 7.92. The van der Waals surface area contributed by atoms with Crippen molar-refractivity contribution < 1.29 is 27.5 Å². The van der Waals surface area contributed by atoms with Crippen LogP contribution in [0.5, 0.6) is 11.5 Å². The van der Waals surface area contributed by atoms with Crippen LogP contribution in [-0.4, -0.2) is 58.5 Å². The molecule has 254 valence electrons. The van der Waals surface area contributed by atoms with Gasteiger partial charge in [-0.3, -0.25) is 13.9 Å². The van der Waals surface area contributed by atoms with Gasteiger partial charge in [0.25, 0.3) is 10.0 Å². The average Bonchev–Trinajstić information content (AvgIpc) is 3.09. The zero-order valence-corrected chi connectivity index (χ0v) is 29.3. The van der Waals surface area contributed by atoms with Crippen molar-refractivity contribution in [2.75, 3.05) is 31.6 Å². The summed E-state index contributed by atoms with van der Waals surface area (Å²) in [7, 11) is -1.48. The SMILES string of the molecule is CCCCNC(=O)[C@@H](Cc1ccccc1)N(Cc1ccccc1C)C(=O)CN(c1ccc(Cl)cc1)S(=O)(=O)c1ccc(OC)c(OC)c1. The average molecular weight is 692 g/mol. The zero-order chi connectivity index (χ0) is 34.7. The molecule has 0 aliphatic heterocycles. The van der Waals surface area contributed by atoms with Crippen molar-refractivity contribution in [3.63, 3.8) is 0 Å². The van der Waals surface area contributed by atoms with Gasteiger partial charge in [0.05, 0.1) is 24.8 Å². The molecule has 0 radical (unpaired) electrons. The van der Waals surface area contributed by atoms with Gasteiger partial charge in [0.15, 0.2) is 11.5 Å². The smallest absolute Gasteiger partial charge is 0.264 e. The normalized spacial score (nSPS) is 11.8. The van der Waals surface area contributed by atoms with Gasteiger partial charge in [-0.05, 0) is 66.4 Å². The number of amides is 2. The molecule has 48 heavy (non-hydrogen) atoms. The number of halogens is 1. The number of sulfonamides is 1. The molecule has 0 bridgehead atoms. The van der Waals surface area contributed by atoms with Crippen molar-refractivity contribution in [1.82, 2.24) is 10.2 Å². The minimum absolute atomic E-state index is 0.0923. The zero-order valence-electron chi connectivity index (χ0n) is 27.7. The second-order valence-corrected chi connectivity index (χ2v) is 13.6. The largest absolute Gasteiger partial charge is 0.493 e. The first-order valence-corrected chi connectivity index (χ1v) is 17.6. The molecule has 0 aliphatic carbocycles. The Hall–Kier alpha value is -4.54. The van der Waals surface area contributed by atoms with Crippen molar-refractivity contribution in [3.8, 4) is 11.5 Å². The van der Waals surface area contributed by atoms with Crippen LogP contribution < -0.4 is 19.1 Å². The molecular weight excluding hydrogens is 650 g/mol. The van der Waals surface area contributed by atoms with E-state index in [0.717, 1.165) is 33.8 Å². The van der Waals surface area contributed by atoms with Gasteiger partial charge in [-0.25, -0.2) is 8.42 Å². The topological polar surface area (TPSA) is 105 Å². The summed E-state index contributed by atoms with van der Waals surface area (Å²) in [6, 6.07) is 26.6. The molecule has 0 spiro atoms. The molecule has 4 aromatic rings. The van der Waals surface area contributed by atoms with E-state index in [2.05, 4.69) is 5.32 Å². The van der Waals surface area contributed by atoms with Crippen LogP contribution in [-0.2, 0) is 32.6 Å². The van der Waals surface area contributed by atoms with E-state index >= 15 is 0 Å². The lowest BCUT2D eigenvalue weighted by Crippen LogP contribution is -2.53. The Morgan fingerprint density at radius 2 is 1.54 bits per heavy atom. The quantitative estimate of drug-likeness (QED) is 0.136. The third-order valence-electron chi connectivity index (χ3n) is 8.04. The van der Waals surface area contributed by atoms with Crippen LogP contribution >= 0.6 is 11.6 Å². The number of carbonyl (C=O) groups is 2. The van der Waals surface area contributed by atoms with Gasteiger partial charge in [0, 0.05) is 30.6 Å². The summed E-state index contributed by atoms with van der Waals surface area (Å²) in [5, 5.41) is 3.41. The van der Waals surface area contributed by atoms with Gasteiger partial charge in [0.2, 0.25) is 11.8 Å². The van der Waals surface area contributed by atoms with Crippen molar-refractivity contribution in [1.29, 1.82) is 0 Å². The number of aryl methyl sites for hydroxylation is 1. The van der Waals surface area contributed by atoms with E-state index in [1.807, 2.05) is 68.4 Å². The van der Waals surface area contributed by atoms with Gasteiger partial charge < -0.3 is 19.7 Å². The molecule has 1 atom stereocenters. The Morgan fingerprint density at radius 3 is 2.19 bits per heavy atom. The molecular formula is C37H42ClN3O6S. The molecule has 9 nitrogen and oxygen atoms in total. The fourth-order valence-electron chi connectivity index (χ4n) is 5.27. The van der Waals surface area contributed by atoms with Crippen molar-refractivity contribution >= 4 is 39.1 Å². The fraction of sp³-hybridized carbons (Fsp3) is 0.297. The summed E-state index contributed by atoms with van der Waals surface area (Å²) in [6.45, 7) is 3.93. The third kappa shape index (κ3) is 9.08. The maximum Gasteiger partial charge on any atom is 0.264 e. The standard InChI is InChI=1S/C37H42ClN3O6S/c1-5-6-22-39-37(43)33(23-28-13-8-7-9-14-28)40(25-29-15-11-10-12-27(29)2)36(42)26-41(31-18-16-30(38)17-19-31)48(44,45)32-20-21-34(46-3)35(24-32)47-4/h7-21,24,33H,5-6,22-23,25-26H2,1-4H3,(H,39,43)/t33-/m1/s1. The summed E-state index contributed by atoms with van der Waals surface area (Å²) in [4.78, 5) is 29.9. The lowest BCUT2D eigenvalue weighted by molar-refractivity contribution is -0.140. The Labute approximate surface area is 288 Å². The number of hydrogen-bond acceptors (Lipinski definition) is 6. The number of hydrogen-bond donors (Lipinski definition) is 1. The number of benzene rings is 4. The van der Waals surface area contributed by atoms with Crippen LogP contribution in [0, 0.1) is 6.92 Å². The molecule has 0 saturated heterocycles. The molecule has 0 aromatic heterocycles. The van der Waals surface area contributed by atoms with Gasteiger partial charge in [0.1, 0.15) is 12.6 Å². The Morgan fingerprint density at radius 1 is 0.875 bits per heavy atom. The first kappa shape index (κ1) is 36.3. The molecule has 11 heteroatoms. The maximum absolute atomic E-state index is 14.6. The van der Waals surface area contributed by atoms with Crippen molar-refractivity contribution in [2.24, 2.45) is 0 Å². The minimum Gasteiger partial charge on any atom is -0.493 e. The number of rotatable bonds is 16. The number of ether oxygens (including phenoxy) is 2. The molecule has 0 aliphatic rings. The summed E-state index contributed by atoms with van der Waals surface area (Å²) in [5.41, 5.74) is 2.87. The number of carbonyl (C=O) groups excluding carboxylic acids is 2. The fourth-order valence-corrected chi connectivity index (χ4v) is 6.83. The van der Waals surface area contributed by atoms with E-state index < -0.39 is 28.5 Å². The summed E-state index contributed by atoms with van der Waals surface area (Å²) < 4.78 is 40.5. The number of anilines is 1. The second kappa shape index (κ2) is 17.0. The van der Waals surface area contributed by atoms with Crippen molar-refractivity contribution in [3.05, 3.63) is 119 Å². The highest BCUT2D eigenvalue weighted by atomic mass is 35.5. The molecule has 4 rings (SSSR count). The lowest BCUT2D eigenvalue weighted by Gasteiger charge is -2.34. The van der Waals surface area contributed by atoms with E-state index in [0.29, 0.717) is 17.3 Å². The monoisotopic (exact) mass is 691 g/mol. The molecule has 0 saturated carbocycles. The molecule has 4 aromatic carbocycles. The van der Waals surface area contributed by atoms with Gasteiger partial charge in [-0.1, -0.05) is 79.5 Å². The van der Waals surface area contributed by atoms with E-state index in [9.17, 15) is 18.0 Å². The Balaban J connectivity index is 1.82. The van der Waals surface area contributed by atoms with E-state index in [1.54, 1.807) is 24.3 Å². The Kier molecular flexibility index (Phi) is 12.9. The van der Waals surface area contributed by atoms with E-state index in [1.165, 1.54) is 37.3 Å². The summed E-state index contributed by atoms with van der Waals surface area (Å²) in [6.07, 6.45) is 1.91. The summed E-state index contributed by atoms with van der Waals surface area (Å²) in [5.74, 6) is -0.291. The Bertz CT molecular complexity index is 1780. The first-order valence-electron chi connectivity index (χ1n) is 15.7. The second-order valence-electron chi connectivity index (χ2n) is 11.3. The first-order chi connectivity index (χ1) is 23.1. The molecule has 2 amide bonds. The number of methoxy groups -OCH3 is 2. The molecule has 1 N–H and O–H groups in total. The van der Waals surface area contributed by atoms with Crippen molar-refractivity contribution in [2.45, 2.75) is 50.6 Å². The third-order valence-corrected chi connectivity index (χ3v) is 10.1. The van der Waals surface area contributed by atoms with Gasteiger partial charge in [-0.2, -0.15) is 0 Å². The predicted octanol–water partition coefficient (Wildman–Crippen LogP) is 6.42. The summed E-state index contributed by atoms with van der Waals surface area (Å²) >= 11 is 6.17.